The fourth-order valence-electron chi connectivity index (χ4n) is 4.86. The highest BCUT2D eigenvalue weighted by Crippen LogP contribution is 2.29. The van der Waals surface area contributed by atoms with Gasteiger partial charge in [-0.2, -0.15) is 4.31 Å². The van der Waals surface area contributed by atoms with Crippen molar-refractivity contribution in [2.75, 3.05) is 27.2 Å². The van der Waals surface area contributed by atoms with Gasteiger partial charge in [-0.3, -0.25) is 14.6 Å². The van der Waals surface area contributed by atoms with Gasteiger partial charge in [0.1, 0.15) is 18.8 Å². The highest BCUT2D eigenvalue weighted by Gasteiger charge is 2.35. The molecule has 252 valence electrons. The second-order valence-corrected chi connectivity index (χ2v) is 14.8. The lowest BCUT2D eigenvalue weighted by molar-refractivity contribution is -0.133. The molecule has 0 spiro atoms. The molecule has 2 aromatic rings. The Kier molecular flexibility index (Phi) is 12.2. The maximum absolute atomic E-state index is 14.0. The van der Waals surface area contributed by atoms with Gasteiger partial charge >= 0.3 is 6.09 Å². The van der Waals surface area contributed by atoms with E-state index in [2.05, 4.69) is 20.6 Å². The van der Waals surface area contributed by atoms with Gasteiger partial charge in [-0.25, -0.2) is 18.2 Å². The molecule has 0 saturated heterocycles. The van der Waals surface area contributed by atoms with Gasteiger partial charge in [0, 0.05) is 45.4 Å². The molecule has 2 heterocycles. The van der Waals surface area contributed by atoms with Crippen molar-refractivity contribution in [3.05, 3.63) is 87.0 Å². The predicted octanol–water partition coefficient (Wildman–Crippen LogP) is 2.73. The van der Waals surface area contributed by atoms with E-state index in [0.29, 0.717) is 11.3 Å². The number of aliphatic hydroxyl groups excluding tert-OH is 1. The highest BCUT2D eigenvalue weighted by atomic mass is 32.2. The van der Waals surface area contributed by atoms with E-state index in [4.69, 9.17) is 4.74 Å². The molecule has 13 nitrogen and oxygen atoms in total. The van der Waals surface area contributed by atoms with E-state index in [0.717, 1.165) is 10.4 Å². The number of allylic oxidation sites excluding steroid dienone is 5. The quantitative estimate of drug-likeness (QED) is 0.241. The van der Waals surface area contributed by atoms with Crippen LogP contribution >= 0.6 is 11.3 Å². The molecule has 47 heavy (non-hydrogen) atoms. The summed E-state index contributed by atoms with van der Waals surface area (Å²) in [6.45, 7) is 3.60. The number of aliphatic imine (C=N–C) groups is 1. The van der Waals surface area contributed by atoms with Gasteiger partial charge in [0.05, 0.1) is 33.2 Å². The topological polar surface area (TPSA) is 171 Å². The van der Waals surface area contributed by atoms with Crippen molar-refractivity contribution in [3.8, 4) is 0 Å². The van der Waals surface area contributed by atoms with Crippen LogP contribution in [0, 0.1) is 5.92 Å². The van der Waals surface area contributed by atoms with E-state index in [9.17, 15) is 27.9 Å². The summed E-state index contributed by atoms with van der Waals surface area (Å²) in [5.74, 6) is -0.736. The van der Waals surface area contributed by atoms with Gasteiger partial charge in [-0.05, 0) is 30.1 Å². The van der Waals surface area contributed by atoms with Crippen molar-refractivity contribution >= 4 is 45.0 Å². The molecule has 2 unspecified atom stereocenters. The van der Waals surface area contributed by atoms with Gasteiger partial charge < -0.3 is 25.4 Å². The summed E-state index contributed by atoms with van der Waals surface area (Å²) < 4.78 is 34.7. The minimum Gasteiger partial charge on any atom is -0.444 e. The molecule has 1 aromatic carbocycles. The number of fused-ring (bicyclic) bond motifs is 1. The Morgan fingerprint density at radius 1 is 1.11 bits per heavy atom. The van der Waals surface area contributed by atoms with Gasteiger partial charge in [0.2, 0.25) is 21.8 Å². The summed E-state index contributed by atoms with van der Waals surface area (Å²) in [4.78, 5) is 47.5. The third kappa shape index (κ3) is 10.2. The summed E-state index contributed by atoms with van der Waals surface area (Å²) in [5.41, 5.74) is 3.57. The third-order valence-corrected chi connectivity index (χ3v) is 9.95. The second-order valence-electron chi connectivity index (χ2n) is 11.8. The molecule has 0 fully saturated rings. The number of thiazole rings is 1. The van der Waals surface area contributed by atoms with Crippen LogP contribution in [0.3, 0.4) is 0 Å². The molecule has 0 saturated carbocycles. The van der Waals surface area contributed by atoms with Crippen molar-refractivity contribution in [2.24, 2.45) is 10.9 Å². The number of sulfonamides is 1. The third-order valence-electron chi connectivity index (χ3n) is 7.28. The number of hydrogen-bond acceptors (Lipinski definition) is 10. The van der Waals surface area contributed by atoms with Crippen LogP contribution in [-0.2, 0) is 37.4 Å². The average molecular weight is 685 g/mol. The van der Waals surface area contributed by atoms with Crippen LogP contribution in [0.5, 0.6) is 0 Å². The Labute approximate surface area is 278 Å². The zero-order valence-corrected chi connectivity index (χ0v) is 28.4. The molecular weight excluding hydrogens is 645 g/mol. The first-order valence-corrected chi connectivity index (χ1v) is 17.4. The maximum atomic E-state index is 14.0. The lowest BCUT2D eigenvalue weighted by Crippen LogP contribution is -2.51. The number of rotatable bonds is 15. The Morgan fingerprint density at radius 3 is 2.51 bits per heavy atom. The Hall–Kier alpha value is -4.18. The average Bonchev–Trinajstić information content (AvgIpc) is 3.68. The largest absolute Gasteiger partial charge is 0.444 e. The molecule has 2 atom stereocenters. The van der Waals surface area contributed by atoms with Crippen LogP contribution in [0.25, 0.3) is 0 Å². The van der Waals surface area contributed by atoms with Crippen LogP contribution < -0.4 is 10.6 Å². The zero-order chi connectivity index (χ0) is 34.1. The van der Waals surface area contributed by atoms with Gasteiger partial charge in [-0.1, -0.05) is 50.3 Å². The summed E-state index contributed by atoms with van der Waals surface area (Å²) in [6, 6.07) is 8.39. The smallest absolute Gasteiger partial charge is 0.407 e. The van der Waals surface area contributed by atoms with Crippen molar-refractivity contribution in [1.29, 1.82) is 0 Å². The fraction of sp³-hybridized carbons (Fsp3) is 0.406. The Morgan fingerprint density at radius 2 is 1.85 bits per heavy atom. The van der Waals surface area contributed by atoms with Crippen LogP contribution in [-0.4, -0.2) is 90.7 Å². The molecule has 1 aliphatic carbocycles. The number of benzene rings is 1. The van der Waals surface area contributed by atoms with Crippen LogP contribution in [0.15, 0.2) is 81.6 Å². The standard InChI is InChI=1S/C32H40N6O7S2/c1-21(2)17-38(18-28(39)27(12-22-8-6-5-7-9-22)35-32(42)45-19-24-16-33-20-46-24)47(43,44)25-11-10-23-13-29(34-26(23)14-25)36-30(40)15-31(41)37(3)4/h5-11,13,16,20-21,27-28,39H,12,14-15,17-19H2,1-4H3,(H,35,42)(H,36,40). The molecular formula is C32H40N6O7S2. The molecule has 3 amide bonds. The number of carbonyl (C=O) groups is 3. The molecule has 2 aliphatic rings. The van der Waals surface area contributed by atoms with E-state index in [1.807, 2.05) is 44.2 Å². The first-order valence-electron chi connectivity index (χ1n) is 15.0. The van der Waals surface area contributed by atoms with Crippen molar-refractivity contribution in [1.82, 2.24) is 24.8 Å². The first-order chi connectivity index (χ1) is 22.3. The van der Waals surface area contributed by atoms with Crippen LogP contribution in [0.1, 0.15) is 37.1 Å². The molecule has 1 aromatic heterocycles. The maximum Gasteiger partial charge on any atom is 0.407 e. The minimum atomic E-state index is -4.09. The molecule has 4 rings (SSSR count). The number of aliphatic hydroxyl groups is 1. The molecule has 3 N–H and O–H groups in total. The normalized spacial score (nSPS) is 15.6. The number of nitrogens with zero attached hydrogens (tertiary/aromatic N) is 4. The Bertz CT molecular complexity index is 1670. The predicted molar refractivity (Wildman–Crippen MR) is 178 cm³/mol. The van der Waals surface area contributed by atoms with Gasteiger partial charge in [0.15, 0.2) is 0 Å². The fourth-order valence-corrected chi connectivity index (χ4v) is 7.10. The summed E-state index contributed by atoms with van der Waals surface area (Å²) in [5, 5.41) is 16.8. The molecule has 0 radical (unpaired) electrons. The highest BCUT2D eigenvalue weighted by molar-refractivity contribution is 7.93. The van der Waals surface area contributed by atoms with Crippen LogP contribution in [0.2, 0.25) is 0 Å². The molecule has 1 aliphatic heterocycles. The van der Waals surface area contributed by atoms with Gasteiger partial charge in [0.25, 0.3) is 0 Å². The number of hydrogen-bond donors (Lipinski definition) is 3. The van der Waals surface area contributed by atoms with Crippen molar-refractivity contribution in [3.63, 3.8) is 0 Å². The van der Waals surface area contributed by atoms with Crippen molar-refractivity contribution < 1.29 is 32.6 Å². The second kappa shape index (κ2) is 16.1. The lowest BCUT2D eigenvalue weighted by atomic mass is 10.0. The summed E-state index contributed by atoms with van der Waals surface area (Å²) >= 11 is 1.34. The van der Waals surface area contributed by atoms with E-state index in [1.165, 1.54) is 26.6 Å². The number of amides is 3. The first kappa shape index (κ1) is 35.7. The number of carbonyl (C=O) groups excluding carboxylic acids is 3. The number of ether oxygens (including phenoxy) is 1. The molecule has 0 bridgehead atoms. The summed E-state index contributed by atoms with van der Waals surface area (Å²) in [6.07, 6.45) is 4.16. The monoisotopic (exact) mass is 684 g/mol. The van der Waals surface area contributed by atoms with E-state index in [1.54, 1.807) is 38.0 Å². The van der Waals surface area contributed by atoms with E-state index in [-0.39, 0.29) is 61.5 Å². The number of alkyl carbamates (subject to hydrolysis) is 1. The SMILES string of the molecule is CC(C)CN(CC(O)C(Cc1ccccc1)NC(=O)OCc1cncs1)S(=O)(=O)C1=CC=C2C=C(NC(=O)CC(=O)N(C)C)N=C2C1. The summed E-state index contributed by atoms with van der Waals surface area (Å²) in [7, 11) is -0.986. The number of aromatic nitrogens is 1. The Balaban J connectivity index is 1.47. The van der Waals surface area contributed by atoms with Gasteiger partial charge in [-0.15, -0.1) is 11.3 Å². The zero-order valence-electron chi connectivity index (χ0n) is 26.8. The lowest BCUT2D eigenvalue weighted by Gasteiger charge is -2.31. The van der Waals surface area contributed by atoms with E-state index < -0.39 is 34.2 Å². The number of nitrogens with one attached hydrogen (secondary N) is 2. The van der Waals surface area contributed by atoms with Crippen LogP contribution in [0.4, 0.5) is 4.79 Å². The van der Waals surface area contributed by atoms with Crippen molar-refractivity contribution in [2.45, 2.75) is 51.9 Å². The minimum absolute atomic E-state index is 0.0144. The van der Waals surface area contributed by atoms with E-state index >= 15 is 0 Å². The molecule has 15 heteroatoms.